The Hall–Kier alpha value is -2.26. The highest BCUT2D eigenvalue weighted by Crippen LogP contribution is 2.28. The van der Waals surface area contributed by atoms with Crippen molar-refractivity contribution >= 4 is 12.2 Å². The lowest BCUT2D eigenvalue weighted by Crippen LogP contribution is -2.19. The molecule has 1 heterocycles. The maximum atomic E-state index is 5.67. The molecule has 3 heteroatoms. The minimum atomic E-state index is 0.798. The van der Waals surface area contributed by atoms with Crippen molar-refractivity contribution in [3.63, 3.8) is 0 Å². The molecule has 0 atom stereocenters. The van der Waals surface area contributed by atoms with E-state index in [4.69, 9.17) is 17.2 Å². The monoisotopic (exact) mass is 360 g/mol. The molecule has 26 heavy (non-hydrogen) atoms. The van der Waals surface area contributed by atoms with Crippen molar-refractivity contribution in [3.05, 3.63) is 81.6 Å². The molecule has 0 bridgehead atoms. The summed E-state index contributed by atoms with van der Waals surface area (Å²) in [5.41, 5.74) is 6.49. The van der Waals surface area contributed by atoms with Crippen molar-refractivity contribution in [1.29, 1.82) is 0 Å². The molecule has 0 unspecified atom stereocenters. The Morgan fingerprint density at radius 2 is 1.81 bits per heavy atom. The normalized spacial score (nSPS) is 13.4. The van der Waals surface area contributed by atoms with Crippen LogP contribution in [0.3, 0.4) is 0 Å². The Labute approximate surface area is 160 Å². The molecule has 4 rings (SSSR count). The molecule has 132 valence electrons. The van der Waals surface area contributed by atoms with E-state index in [9.17, 15) is 0 Å². The highest BCUT2D eigenvalue weighted by atomic mass is 32.1. The predicted molar refractivity (Wildman–Crippen MR) is 110 cm³/mol. The third kappa shape index (κ3) is 3.49. The lowest BCUT2D eigenvalue weighted by Gasteiger charge is -2.24. The first-order chi connectivity index (χ1) is 12.7. The van der Waals surface area contributed by atoms with Gasteiger partial charge in [0.15, 0.2) is 0 Å². The van der Waals surface area contributed by atoms with Crippen LogP contribution in [0.5, 0.6) is 0 Å². The summed E-state index contributed by atoms with van der Waals surface area (Å²) in [5, 5.41) is 0. The average Bonchev–Trinajstić information content (AvgIpc) is 2.68. The van der Waals surface area contributed by atoms with Crippen LogP contribution in [-0.4, -0.2) is 9.55 Å². The van der Waals surface area contributed by atoms with E-state index in [0.29, 0.717) is 0 Å². The van der Waals surface area contributed by atoms with Gasteiger partial charge < -0.3 is 4.57 Å². The molecule has 0 fully saturated rings. The van der Waals surface area contributed by atoms with Gasteiger partial charge in [-0.3, -0.25) is 0 Å². The second-order valence-corrected chi connectivity index (χ2v) is 7.52. The van der Waals surface area contributed by atoms with E-state index in [1.165, 1.54) is 35.2 Å². The molecule has 0 amide bonds. The van der Waals surface area contributed by atoms with E-state index in [1.54, 1.807) is 0 Å². The van der Waals surface area contributed by atoms with Crippen molar-refractivity contribution in [2.45, 2.75) is 45.6 Å². The van der Waals surface area contributed by atoms with Crippen LogP contribution in [0.25, 0.3) is 11.4 Å². The van der Waals surface area contributed by atoms with Crippen LogP contribution < -0.4 is 0 Å². The number of aromatic nitrogens is 2. The van der Waals surface area contributed by atoms with Gasteiger partial charge in [0.2, 0.25) is 0 Å². The van der Waals surface area contributed by atoms with Crippen LogP contribution in [0.15, 0.2) is 54.6 Å². The van der Waals surface area contributed by atoms with Gasteiger partial charge in [-0.1, -0.05) is 66.3 Å². The standard InChI is InChI=1S/C23H24N2S/c1-17-8-7-11-19(16-17)22-24-23(26)20-12-5-6-13-21(20)25(22)15-14-18-9-3-2-4-10-18/h2-4,7-11,16H,5-6,12-15H2,1H3. The fourth-order valence-electron chi connectivity index (χ4n) is 3.90. The zero-order valence-corrected chi connectivity index (χ0v) is 16.1. The summed E-state index contributed by atoms with van der Waals surface area (Å²) in [6.45, 7) is 3.07. The van der Waals surface area contributed by atoms with Crippen LogP contribution in [-0.2, 0) is 25.8 Å². The number of fused-ring (bicyclic) bond motifs is 1. The Bertz CT molecular complexity index is 973. The second kappa shape index (κ2) is 7.55. The second-order valence-electron chi connectivity index (χ2n) is 7.13. The van der Waals surface area contributed by atoms with Crippen molar-refractivity contribution in [1.82, 2.24) is 9.55 Å². The summed E-state index contributed by atoms with van der Waals surface area (Å²) < 4.78 is 3.23. The van der Waals surface area contributed by atoms with Gasteiger partial charge in [-0.25, -0.2) is 4.98 Å². The Morgan fingerprint density at radius 1 is 1.00 bits per heavy atom. The highest BCUT2D eigenvalue weighted by molar-refractivity contribution is 7.71. The van der Waals surface area contributed by atoms with E-state index >= 15 is 0 Å². The Kier molecular flexibility index (Phi) is 4.98. The molecule has 1 aliphatic rings. The van der Waals surface area contributed by atoms with Crippen LogP contribution in [0.4, 0.5) is 0 Å². The molecule has 0 spiro atoms. The lowest BCUT2D eigenvalue weighted by molar-refractivity contribution is 0.577. The summed E-state index contributed by atoms with van der Waals surface area (Å²) in [5.74, 6) is 1.02. The largest absolute Gasteiger partial charge is 0.329 e. The van der Waals surface area contributed by atoms with Gasteiger partial charge in [-0.2, -0.15) is 0 Å². The zero-order chi connectivity index (χ0) is 17.9. The van der Waals surface area contributed by atoms with Gasteiger partial charge in [0.25, 0.3) is 0 Å². The van der Waals surface area contributed by atoms with Gasteiger partial charge >= 0.3 is 0 Å². The van der Waals surface area contributed by atoms with E-state index < -0.39 is 0 Å². The minimum Gasteiger partial charge on any atom is -0.329 e. The Morgan fingerprint density at radius 3 is 2.62 bits per heavy atom. The van der Waals surface area contributed by atoms with Gasteiger partial charge in [0, 0.05) is 23.4 Å². The van der Waals surface area contributed by atoms with E-state index in [1.807, 2.05) is 0 Å². The van der Waals surface area contributed by atoms with Crippen molar-refractivity contribution in [2.24, 2.45) is 0 Å². The average molecular weight is 361 g/mol. The molecule has 2 aromatic carbocycles. The molecule has 1 aromatic heterocycles. The molecule has 0 aliphatic heterocycles. The summed E-state index contributed by atoms with van der Waals surface area (Å²) >= 11 is 5.67. The smallest absolute Gasteiger partial charge is 0.141 e. The number of benzene rings is 2. The third-order valence-electron chi connectivity index (χ3n) is 5.23. The number of nitrogens with zero attached hydrogens (tertiary/aromatic N) is 2. The SMILES string of the molecule is Cc1cccc(-c2nc(=S)c3c(n2CCc2ccccc2)CCCC3)c1. The quantitative estimate of drug-likeness (QED) is 0.555. The first kappa shape index (κ1) is 17.2. The highest BCUT2D eigenvalue weighted by Gasteiger charge is 2.19. The first-order valence-corrected chi connectivity index (χ1v) is 9.87. The summed E-state index contributed by atoms with van der Waals surface area (Å²) in [4.78, 5) is 4.89. The van der Waals surface area contributed by atoms with Crippen molar-refractivity contribution in [2.75, 3.05) is 0 Å². The van der Waals surface area contributed by atoms with Crippen LogP contribution >= 0.6 is 12.2 Å². The molecule has 2 nitrogen and oxygen atoms in total. The molecule has 0 radical (unpaired) electrons. The predicted octanol–water partition coefficient (Wildman–Crippen LogP) is 5.71. The van der Waals surface area contributed by atoms with Gasteiger partial charge in [0.05, 0.1) is 0 Å². The summed E-state index contributed by atoms with van der Waals surface area (Å²) in [7, 11) is 0. The summed E-state index contributed by atoms with van der Waals surface area (Å²) in [6, 6.07) is 19.3. The summed E-state index contributed by atoms with van der Waals surface area (Å²) in [6.07, 6.45) is 5.65. The molecule has 1 aliphatic carbocycles. The molecule has 0 N–H and O–H groups in total. The number of hydrogen-bond acceptors (Lipinski definition) is 2. The first-order valence-electron chi connectivity index (χ1n) is 9.46. The van der Waals surface area contributed by atoms with Gasteiger partial charge in [-0.15, -0.1) is 0 Å². The topological polar surface area (TPSA) is 17.8 Å². The number of aryl methyl sites for hydroxylation is 2. The van der Waals surface area contributed by atoms with Crippen LogP contribution in [0.2, 0.25) is 0 Å². The molecule has 3 aromatic rings. The van der Waals surface area contributed by atoms with E-state index in [2.05, 4.69) is 66.1 Å². The zero-order valence-electron chi connectivity index (χ0n) is 15.2. The third-order valence-corrected chi connectivity index (χ3v) is 5.57. The van der Waals surface area contributed by atoms with Gasteiger partial charge in [-0.05, 0) is 50.7 Å². The van der Waals surface area contributed by atoms with Crippen molar-refractivity contribution in [3.8, 4) is 11.4 Å². The maximum Gasteiger partial charge on any atom is 0.141 e. The maximum absolute atomic E-state index is 5.67. The molecule has 0 saturated carbocycles. The minimum absolute atomic E-state index is 0.798. The van der Waals surface area contributed by atoms with E-state index in [-0.39, 0.29) is 0 Å². The van der Waals surface area contributed by atoms with Gasteiger partial charge in [0.1, 0.15) is 10.5 Å². The Balaban J connectivity index is 1.82. The fourth-order valence-corrected chi connectivity index (χ4v) is 4.21. The van der Waals surface area contributed by atoms with Crippen molar-refractivity contribution < 1.29 is 0 Å². The lowest BCUT2D eigenvalue weighted by atomic mass is 9.96. The number of rotatable bonds is 4. The van der Waals surface area contributed by atoms with Crippen LogP contribution in [0.1, 0.15) is 35.2 Å². The fraction of sp³-hybridized carbons (Fsp3) is 0.304. The molecule has 0 saturated heterocycles. The number of hydrogen-bond donors (Lipinski definition) is 0. The van der Waals surface area contributed by atoms with Crippen LogP contribution in [0, 0.1) is 11.6 Å². The van der Waals surface area contributed by atoms with E-state index in [0.717, 1.165) is 41.8 Å². The molecular weight excluding hydrogens is 336 g/mol. The molecular formula is C23H24N2S.